The summed E-state index contributed by atoms with van der Waals surface area (Å²) >= 11 is 3.46. The van der Waals surface area contributed by atoms with Crippen LogP contribution in [-0.4, -0.2) is 29.6 Å². The molecule has 3 heteroatoms. The van der Waals surface area contributed by atoms with Crippen molar-refractivity contribution in [2.45, 2.75) is 31.3 Å². The summed E-state index contributed by atoms with van der Waals surface area (Å²) in [5, 5.41) is 11.0. The Bertz CT molecular complexity index is 618. The lowest BCUT2D eigenvalue weighted by atomic mass is 9.84. The van der Waals surface area contributed by atoms with Gasteiger partial charge in [-0.25, -0.2) is 0 Å². The van der Waals surface area contributed by atoms with E-state index in [1.165, 1.54) is 5.56 Å². The highest BCUT2D eigenvalue weighted by atomic mass is 79.9. The van der Waals surface area contributed by atoms with E-state index < -0.39 is 5.60 Å². The van der Waals surface area contributed by atoms with Crippen LogP contribution in [0.1, 0.15) is 36.8 Å². The van der Waals surface area contributed by atoms with Crippen LogP contribution in [0.15, 0.2) is 59.1 Å². The van der Waals surface area contributed by atoms with Crippen molar-refractivity contribution in [1.29, 1.82) is 0 Å². The second-order valence-electron chi connectivity index (χ2n) is 6.65. The van der Waals surface area contributed by atoms with Crippen molar-refractivity contribution in [3.8, 4) is 0 Å². The molecule has 0 spiro atoms. The summed E-state index contributed by atoms with van der Waals surface area (Å²) in [6.07, 6.45) is 1.60. The first kappa shape index (κ1) is 16.7. The Morgan fingerprint density at radius 3 is 2.26 bits per heavy atom. The summed E-state index contributed by atoms with van der Waals surface area (Å²) in [6, 6.07) is 18.8. The monoisotopic (exact) mass is 373 g/mol. The molecule has 0 aromatic heterocycles. The fourth-order valence-corrected chi connectivity index (χ4v) is 3.69. The average molecular weight is 374 g/mol. The molecule has 1 aliphatic rings. The van der Waals surface area contributed by atoms with E-state index >= 15 is 0 Å². The lowest BCUT2D eigenvalue weighted by Gasteiger charge is -2.39. The second kappa shape index (κ2) is 7.16. The fraction of sp³-hybridized carbons (Fsp3) is 0.400. The van der Waals surface area contributed by atoms with E-state index in [2.05, 4.69) is 58.1 Å². The van der Waals surface area contributed by atoms with E-state index in [0.29, 0.717) is 5.92 Å². The summed E-state index contributed by atoms with van der Waals surface area (Å²) < 4.78 is 1.05. The molecule has 0 aliphatic carbocycles. The quantitative estimate of drug-likeness (QED) is 0.850. The minimum Gasteiger partial charge on any atom is -0.385 e. The maximum Gasteiger partial charge on any atom is 0.0920 e. The largest absolute Gasteiger partial charge is 0.385 e. The summed E-state index contributed by atoms with van der Waals surface area (Å²) in [6.45, 7) is 5.23. The van der Waals surface area contributed by atoms with E-state index in [4.69, 9.17) is 0 Å². The molecule has 0 amide bonds. The molecule has 1 aliphatic heterocycles. The smallest absolute Gasteiger partial charge is 0.0920 e. The first-order valence-corrected chi connectivity index (χ1v) is 9.12. The number of likely N-dealkylation sites (tertiary alicyclic amines) is 1. The molecule has 2 aromatic carbocycles. The Kier molecular flexibility index (Phi) is 5.20. The zero-order chi connectivity index (χ0) is 16.3. The third kappa shape index (κ3) is 4.03. The minimum absolute atomic E-state index is 0.523. The molecule has 1 N–H and O–H groups in total. The van der Waals surface area contributed by atoms with Gasteiger partial charge in [0.05, 0.1) is 5.60 Å². The number of benzene rings is 2. The molecule has 0 bridgehead atoms. The van der Waals surface area contributed by atoms with Crippen molar-refractivity contribution in [3.63, 3.8) is 0 Å². The molecule has 1 fully saturated rings. The Morgan fingerprint density at radius 1 is 1.04 bits per heavy atom. The van der Waals surface area contributed by atoms with Gasteiger partial charge in [-0.15, -0.1) is 0 Å². The summed E-state index contributed by atoms with van der Waals surface area (Å²) in [5.41, 5.74) is 1.76. The summed E-state index contributed by atoms with van der Waals surface area (Å²) in [5.74, 6) is 0.523. The number of hydrogen-bond acceptors (Lipinski definition) is 2. The van der Waals surface area contributed by atoms with Gasteiger partial charge >= 0.3 is 0 Å². The lowest BCUT2D eigenvalue weighted by Crippen LogP contribution is -2.43. The molecule has 1 heterocycles. The Balaban J connectivity index is 1.59. The van der Waals surface area contributed by atoms with Gasteiger partial charge in [0.15, 0.2) is 0 Å². The van der Waals surface area contributed by atoms with E-state index in [0.717, 1.165) is 42.5 Å². The average Bonchev–Trinajstić information content (AvgIpc) is 2.58. The van der Waals surface area contributed by atoms with Gasteiger partial charge in [-0.2, -0.15) is 0 Å². The fourth-order valence-electron chi connectivity index (χ4n) is 3.43. The predicted molar refractivity (Wildman–Crippen MR) is 98.6 cm³/mol. The van der Waals surface area contributed by atoms with Gasteiger partial charge in [-0.1, -0.05) is 65.3 Å². The Labute approximate surface area is 147 Å². The highest BCUT2D eigenvalue weighted by Gasteiger charge is 2.34. The van der Waals surface area contributed by atoms with E-state index in [9.17, 15) is 5.11 Å². The molecule has 122 valence electrons. The predicted octanol–water partition coefficient (Wildman–Crippen LogP) is 4.54. The Hall–Kier alpha value is -1.16. The van der Waals surface area contributed by atoms with Crippen molar-refractivity contribution < 1.29 is 5.11 Å². The number of halogens is 1. The van der Waals surface area contributed by atoms with E-state index in [1.807, 2.05) is 24.3 Å². The van der Waals surface area contributed by atoms with Crippen molar-refractivity contribution in [2.75, 3.05) is 19.6 Å². The molecule has 23 heavy (non-hydrogen) atoms. The first-order valence-electron chi connectivity index (χ1n) is 8.32. The van der Waals surface area contributed by atoms with Crippen molar-refractivity contribution in [1.82, 2.24) is 4.90 Å². The third-order valence-corrected chi connectivity index (χ3v) is 5.49. The van der Waals surface area contributed by atoms with Gasteiger partial charge < -0.3 is 10.0 Å². The third-order valence-electron chi connectivity index (χ3n) is 4.97. The van der Waals surface area contributed by atoms with Gasteiger partial charge in [0.2, 0.25) is 0 Å². The maximum absolute atomic E-state index is 11.0. The highest BCUT2D eigenvalue weighted by Crippen LogP contribution is 2.34. The number of rotatable bonds is 4. The second-order valence-corrected chi connectivity index (χ2v) is 7.57. The SMILES string of the molecule is C[C@H](CN1CCC(O)(c2ccc(Br)cc2)CC1)c1ccccc1. The first-order chi connectivity index (χ1) is 11.1. The van der Waals surface area contributed by atoms with Crippen molar-refractivity contribution >= 4 is 15.9 Å². The molecule has 0 saturated carbocycles. The molecule has 0 unspecified atom stereocenters. The van der Waals surface area contributed by atoms with Gasteiger partial charge in [0.25, 0.3) is 0 Å². The number of nitrogens with zero attached hydrogens (tertiary/aromatic N) is 1. The van der Waals surface area contributed by atoms with Gasteiger partial charge in [0.1, 0.15) is 0 Å². The minimum atomic E-state index is -0.673. The summed E-state index contributed by atoms with van der Waals surface area (Å²) in [4.78, 5) is 2.48. The molecular weight excluding hydrogens is 350 g/mol. The lowest BCUT2D eigenvalue weighted by molar-refractivity contribution is -0.0267. The van der Waals surface area contributed by atoms with Crippen LogP contribution in [-0.2, 0) is 5.60 Å². The molecule has 2 nitrogen and oxygen atoms in total. The van der Waals surface area contributed by atoms with Crippen LogP contribution in [0.2, 0.25) is 0 Å². The number of hydrogen-bond donors (Lipinski definition) is 1. The van der Waals surface area contributed by atoms with Gasteiger partial charge in [-0.3, -0.25) is 0 Å². The molecule has 1 atom stereocenters. The van der Waals surface area contributed by atoms with E-state index in [-0.39, 0.29) is 0 Å². The zero-order valence-electron chi connectivity index (χ0n) is 13.6. The molecular formula is C20H24BrNO. The highest BCUT2D eigenvalue weighted by molar-refractivity contribution is 9.10. The van der Waals surface area contributed by atoms with Crippen molar-refractivity contribution in [2.24, 2.45) is 0 Å². The van der Waals surface area contributed by atoms with Crippen LogP contribution in [0.3, 0.4) is 0 Å². The van der Waals surface area contributed by atoms with Crippen LogP contribution in [0.5, 0.6) is 0 Å². The normalized spacial score (nSPS) is 19.4. The molecule has 1 saturated heterocycles. The number of piperidine rings is 1. The molecule has 0 radical (unpaired) electrons. The Morgan fingerprint density at radius 2 is 1.65 bits per heavy atom. The number of aliphatic hydroxyl groups is 1. The van der Waals surface area contributed by atoms with Gasteiger partial charge in [-0.05, 0) is 42.0 Å². The maximum atomic E-state index is 11.0. The zero-order valence-corrected chi connectivity index (χ0v) is 15.2. The van der Waals surface area contributed by atoms with Crippen LogP contribution in [0.4, 0.5) is 0 Å². The molecule has 3 rings (SSSR count). The van der Waals surface area contributed by atoms with Crippen LogP contribution in [0, 0.1) is 0 Å². The molecule has 2 aromatic rings. The van der Waals surface area contributed by atoms with Crippen molar-refractivity contribution in [3.05, 3.63) is 70.2 Å². The van der Waals surface area contributed by atoms with E-state index in [1.54, 1.807) is 0 Å². The van der Waals surface area contributed by atoms with Gasteiger partial charge in [0, 0.05) is 24.1 Å². The topological polar surface area (TPSA) is 23.5 Å². The standard InChI is InChI=1S/C20H24BrNO/c1-16(17-5-3-2-4-6-17)15-22-13-11-20(23,12-14-22)18-7-9-19(21)10-8-18/h2-10,16,23H,11-15H2,1H3/t16-/m1/s1. The van der Waals surface area contributed by atoms with Crippen LogP contribution in [0.25, 0.3) is 0 Å². The van der Waals surface area contributed by atoms with Crippen LogP contribution >= 0.6 is 15.9 Å². The van der Waals surface area contributed by atoms with Crippen LogP contribution < -0.4 is 0 Å². The summed E-state index contributed by atoms with van der Waals surface area (Å²) in [7, 11) is 0.